The number of nitrogens with zero attached hydrogens (tertiary/aromatic N) is 1. The van der Waals surface area contributed by atoms with Gasteiger partial charge in [-0.2, -0.15) is 17.4 Å². The predicted octanol–water partition coefficient (Wildman–Crippen LogP) is 2.01. The normalized spacial score (nSPS) is 32.5. The van der Waals surface area contributed by atoms with Gasteiger partial charge in [0.05, 0.1) is 0 Å². The van der Waals surface area contributed by atoms with Gasteiger partial charge in [-0.3, -0.25) is 0 Å². The third kappa shape index (κ3) is 3.66. The van der Waals surface area contributed by atoms with Crippen LogP contribution in [0, 0.1) is 0 Å². The molecule has 1 saturated carbocycles. The molecule has 17 heavy (non-hydrogen) atoms. The quantitative estimate of drug-likeness (QED) is 0.807. The summed E-state index contributed by atoms with van der Waals surface area (Å²) in [6.07, 6.45) is 7.39. The lowest BCUT2D eigenvalue weighted by Gasteiger charge is -2.24. The highest BCUT2D eigenvalue weighted by Crippen LogP contribution is 2.26. The maximum Gasteiger partial charge on any atom is 0.279 e. The lowest BCUT2D eigenvalue weighted by Crippen LogP contribution is -2.47. The van der Waals surface area contributed by atoms with Crippen LogP contribution in [-0.2, 0) is 10.2 Å². The Hall–Kier alpha value is 0.350. The van der Waals surface area contributed by atoms with Crippen molar-refractivity contribution in [2.75, 3.05) is 13.1 Å². The summed E-state index contributed by atoms with van der Waals surface area (Å²) in [7, 11) is -3.27. The van der Waals surface area contributed by atoms with Gasteiger partial charge >= 0.3 is 0 Å². The van der Waals surface area contributed by atoms with Gasteiger partial charge in [0.15, 0.2) is 0 Å². The van der Waals surface area contributed by atoms with E-state index in [0.29, 0.717) is 17.9 Å². The van der Waals surface area contributed by atoms with Gasteiger partial charge in [0.2, 0.25) is 0 Å². The van der Waals surface area contributed by atoms with E-state index in [2.05, 4.69) is 20.7 Å². The highest BCUT2D eigenvalue weighted by Gasteiger charge is 2.31. The molecule has 4 nitrogen and oxygen atoms in total. The van der Waals surface area contributed by atoms with E-state index in [9.17, 15) is 8.42 Å². The van der Waals surface area contributed by atoms with Gasteiger partial charge in [-0.25, -0.2) is 0 Å². The molecule has 1 N–H and O–H groups in total. The van der Waals surface area contributed by atoms with Crippen LogP contribution in [0.4, 0.5) is 0 Å². The van der Waals surface area contributed by atoms with Gasteiger partial charge in [-0.05, 0) is 25.7 Å². The maximum atomic E-state index is 12.2. The molecule has 2 aliphatic rings. The third-order valence-corrected chi connectivity index (χ3v) is 6.38. The van der Waals surface area contributed by atoms with Crippen molar-refractivity contribution in [1.82, 2.24) is 9.03 Å². The Kier molecular flexibility index (Phi) is 4.86. The average Bonchev–Trinajstić information content (AvgIpc) is 2.58. The molecule has 2 rings (SSSR count). The minimum Gasteiger partial charge on any atom is -0.198 e. The average molecular weight is 325 g/mol. The zero-order valence-corrected chi connectivity index (χ0v) is 12.5. The van der Waals surface area contributed by atoms with Crippen LogP contribution >= 0.6 is 15.9 Å². The number of hydrogen-bond donors (Lipinski definition) is 1. The molecule has 2 unspecified atom stereocenters. The van der Waals surface area contributed by atoms with E-state index in [1.165, 1.54) is 0 Å². The second-order valence-electron chi connectivity index (χ2n) is 4.99. The third-order valence-electron chi connectivity index (χ3n) is 3.64. The largest absolute Gasteiger partial charge is 0.279 e. The molecule has 0 aromatic carbocycles. The highest BCUT2D eigenvalue weighted by molar-refractivity contribution is 9.09. The molecule has 1 saturated heterocycles. The first-order valence-corrected chi connectivity index (χ1v) is 8.86. The van der Waals surface area contributed by atoms with E-state index in [-0.39, 0.29) is 6.04 Å². The van der Waals surface area contributed by atoms with Gasteiger partial charge in [-0.15, -0.1) is 0 Å². The SMILES string of the molecule is O=S(=O)(NC1CCCC1Br)N1CCCCCC1. The number of alkyl halides is 1. The van der Waals surface area contributed by atoms with Crippen molar-refractivity contribution in [3.63, 3.8) is 0 Å². The van der Waals surface area contributed by atoms with E-state index in [4.69, 9.17) is 0 Å². The summed E-state index contributed by atoms with van der Waals surface area (Å²) in [4.78, 5) is 0.296. The molecule has 0 spiro atoms. The minimum atomic E-state index is -3.27. The molecule has 100 valence electrons. The molecule has 0 amide bonds. The Morgan fingerprint density at radius 2 is 1.65 bits per heavy atom. The molecule has 6 heteroatoms. The molecule has 2 atom stereocenters. The van der Waals surface area contributed by atoms with Crippen LogP contribution in [-0.4, -0.2) is 36.7 Å². The fourth-order valence-electron chi connectivity index (χ4n) is 2.60. The topological polar surface area (TPSA) is 49.4 Å². The molecule has 0 aromatic rings. The van der Waals surface area contributed by atoms with Crippen molar-refractivity contribution in [1.29, 1.82) is 0 Å². The second-order valence-corrected chi connectivity index (χ2v) is 7.87. The Bertz CT molecular complexity index is 339. The zero-order chi connectivity index (χ0) is 12.3. The zero-order valence-electron chi connectivity index (χ0n) is 10.1. The molecule has 0 radical (unpaired) electrons. The number of rotatable bonds is 3. The summed E-state index contributed by atoms with van der Waals surface area (Å²) < 4.78 is 28.9. The van der Waals surface area contributed by atoms with Crippen molar-refractivity contribution in [2.24, 2.45) is 0 Å². The van der Waals surface area contributed by atoms with Crippen molar-refractivity contribution < 1.29 is 8.42 Å². The molecule has 2 fully saturated rings. The monoisotopic (exact) mass is 324 g/mol. The number of hydrogen-bond acceptors (Lipinski definition) is 2. The van der Waals surface area contributed by atoms with Gasteiger partial charge < -0.3 is 0 Å². The Labute approximate surface area is 112 Å². The molecule has 0 aromatic heterocycles. The van der Waals surface area contributed by atoms with E-state index in [1.807, 2.05) is 0 Å². The fraction of sp³-hybridized carbons (Fsp3) is 1.00. The smallest absolute Gasteiger partial charge is 0.198 e. The van der Waals surface area contributed by atoms with Gasteiger partial charge in [0, 0.05) is 24.0 Å². The van der Waals surface area contributed by atoms with E-state index in [0.717, 1.165) is 44.9 Å². The first-order valence-electron chi connectivity index (χ1n) is 6.51. The lowest BCUT2D eigenvalue weighted by molar-refractivity contribution is 0.408. The highest BCUT2D eigenvalue weighted by atomic mass is 79.9. The predicted molar refractivity (Wildman–Crippen MR) is 72.5 cm³/mol. The van der Waals surface area contributed by atoms with E-state index >= 15 is 0 Å². The standard InChI is InChI=1S/C11H21BrN2O2S/c12-10-6-5-7-11(10)13-17(15,16)14-8-3-1-2-4-9-14/h10-11,13H,1-9H2. The molecule has 0 bridgehead atoms. The molecule has 1 aliphatic carbocycles. The molecular formula is C11H21BrN2O2S. The molecule has 1 heterocycles. The van der Waals surface area contributed by atoms with Crippen molar-refractivity contribution in [2.45, 2.75) is 55.8 Å². The van der Waals surface area contributed by atoms with Crippen LogP contribution in [0.2, 0.25) is 0 Å². The summed E-state index contributed by atoms with van der Waals surface area (Å²) in [5.74, 6) is 0. The van der Waals surface area contributed by atoms with Crippen LogP contribution in [0.3, 0.4) is 0 Å². The summed E-state index contributed by atoms with van der Waals surface area (Å²) in [6.45, 7) is 1.35. The van der Waals surface area contributed by atoms with Crippen LogP contribution in [0.1, 0.15) is 44.9 Å². The Balaban J connectivity index is 1.97. The Morgan fingerprint density at radius 1 is 1.00 bits per heavy atom. The van der Waals surface area contributed by atoms with Crippen molar-refractivity contribution >= 4 is 26.1 Å². The van der Waals surface area contributed by atoms with E-state index in [1.54, 1.807) is 4.31 Å². The van der Waals surface area contributed by atoms with Crippen LogP contribution in [0.25, 0.3) is 0 Å². The van der Waals surface area contributed by atoms with Gasteiger partial charge in [0.25, 0.3) is 10.2 Å². The minimum absolute atomic E-state index is 0.0725. The second kappa shape index (κ2) is 5.99. The lowest BCUT2D eigenvalue weighted by atomic mass is 10.2. The van der Waals surface area contributed by atoms with Gasteiger partial charge in [0.1, 0.15) is 0 Å². The summed E-state index contributed by atoms with van der Waals surface area (Å²) in [5, 5.41) is 0. The number of nitrogens with one attached hydrogen (secondary N) is 1. The maximum absolute atomic E-state index is 12.2. The van der Waals surface area contributed by atoms with E-state index < -0.39 is 10.2 Å². The Morgan fingerprint density at radius 3 is 2.18 bits per heavy atom. The number of halogens is 1. The van der Waals surface area contributed by atoms with Crippen molar-refractivity contribution in [3.05, 3.63) is 0 Å². The first kappa shape index (κ1) is 13.8. The van der Waals surface area contributed by atoms with Crippen LogP contribution in [0.5, 0.6) is 0 Å². The van der Waals surface area contributed by atoms with Crippen LogP contribution in [0.15, 0.2) is 0 Å². The summed E-state index contributed by atoms with van der Waals surface area (Å²) in [6, 6.07) is 0.0725. The molecule has 1 aliphatic heterocycles. The first-order chi connectivity index (χ1) is 8.09. The fourth-order valence-corrected chi connectivity index (χ4v) is 5.04. The summed E-state index contributed by atoms with van der Waals surface area (Å²) >= 11 is 3.55. The van der Waals surface area contributed by atoms with Crippen molar-refractivity contribution in [3.8, 4) is 0 Å². The summed E-state index contributed by atoms with van der Waals surface area (Å²) in [5.41, 5.74) is 0. The van der Waals surface area contributed by atoms with Crippen LogP contribution < -0.4 is 4.72 Å². The molecular weight excluding hydrogens is 304 g/mol. The van der Waals surface area contributed by atoms with Gasteiger partial charge in [-0.1, -0.05) is 35.2 Å².